The van der Waals surface area contributed by atoms with Crippen LogP contribution in [0.4, 0.5) is 10.1 Å². The van der Waals surface area contributed by atoms with Crippen LogP contribution in [-0.4, -0.2) is 23.9 Å². The molecule has 0 saturated heterocycles. The van der Waals surface area contributed by atoms with Crippen LogP contribution in [0.25, 0.3) is 0 Å². The number of para-hydroxylation sites is 1. The molecule has 3 nitrogen and oxygen atoms in total. The van der Waals surface area contributed by atoms with Crippen molar-refractivity contribution < 1.29 is 9.18 Å². The van der Waals surface area contributed by atoms with E-state index in [0.717, 1.165) is 22.4 Å². The summed E-state index contributed by atoms with van der Waals surface area (Å²) < 4.78 is 13.3. The predicted molar refractivity (Wildman–Crippen MR) is 91.9 cm³/mol. The van der Waals surface area contributed by atoms with Crippen molar-refractivity contribution >= 4 is 11.6 Å². The van der Waals surface area contributed by atoms with Crippen molar-refractivity contribution in [1.82, 2.24) is 4.90 Å². The van der Waals surface area contributed by atoms with Crippen LogP contribution >= 0.6 is 0 Å². The SMILES string of the molecule is CCN(Cc1cccc(F)c1)C(=O)CNc1c(C)cccc1C. The maximum absolute atomic E-state index is 13.3. The Kier molecular flexibility index (Phi) is 5.74. The number of likely N-dealkylation sites (N-methyl/N-ethyl adjacent to an activating group) is 1. The topological polar surface area (TPSA) is 32.3 Å². The van der Waals surface area contributed by atoms with E-state index >= 15 is 0 Å². The van der Waals surface area contributed by atoms with Gasteiger partial charge in [0, 0.05) is 18.8 Å². The number of nitrogens with zero attached hydrogens (tertiary/aromatic N) is 1. The molecule has 0 radical (unpaired) electrons. The van der Waals surface area contributed by atoms with Crippen molar-refractivity contribution in [3.63, 3.8) is 0 Å². The van der Waals surface area contributed by atoms with Gasteiger partial charge in [-0.1, -0.05) is 30.3 Å². The van der Waals surface area contributed by atoms with Gasteiger partial charge in [0.1, 0.15) is 5.82 Å². The Morgan fingerprint density at radius 2 is 1.78 bits per heavy atom. The molecule has 0 heterocycles. The molecule has 2 aromatic rings. The molecule has 0 unspecified atom stereocenters. The van der Waals surface area contributed by atoms with Gasteiger partial charge < -0.3 is 10.2 Å². The lowest BCUT2D eigenvalue weighted by molar-refractivity contribution is -0.129. The van der Waals surface area contributed by atoms with Crippen LogP contribution < -0.4 is 5.32 Å². The van der Waals surface area contributed by atoms with Crippen molar-refractivity contribution in [2.24, 2.45) is 0 Å². The molecular weight excluding hydrogens is 291 g/mol. The van der Waals surface area contributed by atoms with Gasteiger partial charge >= 0.3 is 0 Å². The first kappa shape index (κ1) is 17.0. The summed E-state index contributed by atoms with van der Waals surface area (Å²) in [6.45, 7) is 7.20. The third-order valence-corrected chi connectivity index (χ3v) is 3.89. The molecule has 122 valence electrons. The minimum Gasteiger partial charge on any atom is -0.376 e. The number of carbonyl (C=O) groups is 1. The highest BCUT2D eigenvalue weighted by molar-refractivity contribution is 5.81. The Balaban J connectivity index is 2.00. The minimum atomic E-state index is -0.278. The highest BCUT2D eigenvalue weighted by Crippen LogP contribution is 2.19. The highest BCUT2D eigenvalue weighted by atomic mass is 19.1. The van der Waals surface area contributed by atoms with Crippen LogP contribution in [-0.2, 0) is 11.3 Å². The summed E-state index contributed by atoms with van der Waals surface area (Å²) in [5.41, 5.74) is 4.03. The molecule has 0 aliphatic carbocycles. The number of amides is 1. The Hall–Kier alpha value is -2.36. The summed E-state index contributed by atoms with van der Waals surface area (Å²) in [5.74, 6) is -0.279. The van der Waals surface area contributed by atoms with E-state index in [4.69, 9.17) is 0 Å². The Bertz CT molecular complexity index is 665. The van der Waals surface area contributed by atoms with Crippen LogP contribution in [0.2, 0.25) is 0 Å². The Morgan fingerprint density at radius 3 is 2.39 bits per heavy atom. The third kappa shape index (κ3) is 4.55. The van der Waals surface area contributed by atoms with Gasteiger partial charge in [-0.05, 0) is 49.6 Å². The summed E-state index contributed by atoms with van der Waals surface area (Å²) in [6, 6.07) is 12.4. The maximum Gasteiger partial charge on any atom is 0.242 e. The summed E-state index contributed by atoms with van der Waals surface area (Å²) in [5, 5.41) is 3.23. The maximum atomic E-state index is 13.3. The molecule has 2 rings (SSSR count). The fourth-order valence-electron chi connectivity index (χ4n) is 2.60. The number of nitrogens with one attached hydrogen (secondary N) is 1. The number of anilines is 1. The van der Waals surface area contributed by atoms with E-state index in [1.54, 1.807) is 11.0 Å². The van der Waals surface area contributed by atoms with E-state index in [1.807, 2.05) is 45.0 Å². The van der Waals surface area contributed by atoms with Gasteiger partial charge in [-0.15, -0.1) is 0 Å². The van der Waals surface area contributed by atoms with Crippen molar-refractivity contribution in [3.05, 3.63) is 65.0 Å². The number of benzene rings is 2. The summed E-state index contributed by atoms with van der Waals surface area (Å²) in [6.07, 6.45) is 0. The number of rotatable bonds is 6. The average Bonchev–Trinajstić information content (AvgIpc) is 2.52. The van der Waals surface area contributed by atoms with Crippen molar-refractivity contribution in [2.75, 3.05) is 18.4 Å². The summed E-state index contributed by atoms with van der Waals surface area (Å²) >= 11 is 0. The van der Waals surface area contributed by atoms with Gasteiger partial charge in [0.05, 0.1) is 6.54 Å². The number of halogens is 1. The Morgan fingerprint density at radius 1 is 1.13 bits per heavy atom. The number of hydrogen-bond acceptors (Lipinski definition) is 2. The third-order valence-electron chi connectivity index (χ3n) is 3.89. The van der Waals surface area contributed by atoms with Crippen LogP contribution in [0.3, 0.4) is 0 Å². The Labute approximate surface area is 137 Å². The molecule has 0 aliphatic rings. The number of carbonyl (C=O) groups excluding carboxylic acids is 1. The normalized spacial score (nSPS) is 10.4. The van der Waals surface area contributed by atoms with Crippen LogP contribution in [0, 0.1) is 19.7 Å². The molecule has 1 amide bonds. The largest absolute Gasteiger partial charge is 0.376 e. The lowest BCUT2D eigenvalue weighted by atomic mass is 10.1. The van der Waals surface area contributed by atoms with E-state index in [9.17, 15) is 9.18 Å². The zero-order chi connectivity index (χ0) is 16.8. The lowest BCUT2D eigenvalue weighted by Gasteiger charge is -2.22. The van der Waals surface area contributed by atoms with Gasteiger partial charge in [0.25, 0.3) is 0 Å². The average molecular weight is 314 g/mol. The van der Waals surface area contributed by atoms with E-state index in [-0.39, 0.29) is 18.3 Å². The molecule has 0 fully saturated rings. The molecule has 4 heteroatoms. The van der Waals surface area contributed by atoms with Gasteiger partial charge in [0.2, 0.25) is 5.91 Å². The van der Waals surface area contributed by atoms with Crippen LogP contribution in [0.1, 0.15) is 23.6 Å². The van der Waals surface area contributed by atoms with Crippen molar-refractivity contribution in [3.8, 4) is 0 Å². The van der Waals surface area contributed by atoms with Gasteiger partial charge in [-0.2, -0.15) is 0 Å². The molecule has 0 aliphatic heterocycles. The quantitative estimate of drug-likeness (QED) is 0.877. The fourth-order valence-corrected chi connectivity index (χ4v) is 2.60. The molecule has 2 aromatic carbocycles. The molecule has 0 atom stereocenters. The van der Waals surface area contributed by atoms with Gasteiger partial charge in [0.15, 0.2) is 0 Å². The highest BCUT2D eigenvalue weighted by Gasteiger charge is 2.13. The standard InChI is InChI=1S/C19H23FN2O/c1-4-22(13-16-9-6-10-17(20)11-16)18(23)12-21-19-14(2)7-5-8-15(19)3/h5-11,21H,4,12-13H2,1-3H3. The van der Waals surface area contributed by atoms with Gasteiger partial charge in [-0.3, -0.25) is 4.79 Å². The first-order valence-electron chi connectivity index (χ1n) is 7.83. The predicted octanol–water partition coefficient (Wildman–Crippen LogP) is 3.90. The molecule has 0 aromatic heterocycles. The van der Waals surface area contributed by atoms with Crippen LogP contribution in [0.5, 0.6) is 0 Å². The molecular formula is C19H23FN2O. The zero-order valence-corrected chi connectivity index (χ0v) is 13.9. The molecule has 0 saturated carbocycles. The smallest absolute Gasteiger partial charge is 0.242 e. The molecule has 0 bridgehead atoms. The van der Waals surface area contributed by atoms with E-state index in [1.165, 1.54) is 12.1 Å². The lowest BCUT2D eigenvalue weighted by Crippen LogP contribution is -2.35. The second kappa shape index (κ2) is 7.77. The zero-order valence-electron chi connectivity index (χ0n) is 13.9. The number of hydrogen-bond donors (Lipinski definition) is 1. The summed E-state index contributed by atoms with van der Waals surface area (Å²) in [4.78, 5) is 14.1. The first-order valence-corrected chi connectivity index (χ1v) is 7.83. The van der Waals surface area contributed by atoms with Gasteiger partial charge in [-0.25, -0.2) is 4.39 Å². The molecule has 23 heavy (non-hydrogen) atoms. The first-order chi connectivity index (χ1) is 11.0. The van der Waals surface area contributed by atoms with E-state index < -0.39 is 0 Å². The minimum absolute atomic E-state index is 0.000542. The fraction of sp³-hybridized carbons (Fsp3) is 0.316. The van der Waals surface area contributed by atoms with Crippen LogP contribution in [0.15, 0.2) is 42.5 Å². The molecule has 1 N–H and O–H groups in total. The number of aryl methyl sites for hydroxylation is 2. The van der Waals surface area contributed by atoms with Crippen molar-refractivity contribution in [1.29, 1.82) is 0 Å². The van der Waals surface area contributed by atoms with Crippen molar-refractivity contribution in [2.45, 2.75) is 27.3 Å². The summed E-state index contributed by atoms with van der Waals surface area (Å²) in [7, 11) is 0. The second-order valence-corrected chi connectivity index (χ2v) is 5.66. The van der Waals surface area contributed by atoms with E-state index in [0.29, 0.717) is 13.1 Å². The van der Waals surface area contributed by atoms with E-state index in [2.05, 4.69) is 5.32 Å². The molecule has 0 spiro atoms. The second-order valence-electron chi connectivity index (χ2n) is 5.66. The monoisotopic (exact) mass is 314 g/mol.